The van der Waals surface area contributed by atoms with Crippen LogP contribution in [0.1, 0.15) is 12.0 Å². The van der Waals surface area contributed by atoms with Crippen LogP contribution in [0, 0.1) is 0 Å². The van der Waals surface area contributed by atoms with Gasteiger partial charge in [0.25, 0.3) is 0 Å². The summed E-state index contributed by atoms with van der Waals surface area (Å²) < 4.78 is 24.9. The first-order valence-electron chi connectivity index (χ1n) is 7.84. The van der Waals surface area contributed by atoms with Crippen molar-refractivity contribution in [2.24, 2.45) is 5.73 Å². The number of nitrogens with one attached hydrogen (secondary N) is 1. The minimum absolute atomic E-state index is 0. The number of halogens is 1. The van der Waals surface area contributed by atoms with Crippen molar-refractivity contribution in [3.05, 3.63) is 60.2 Å². The van der Waals surface area contributed by atoms with E-state index in [1.54, 1.807) is 66.4 Å². The van der Waals surface area contributed by atoms with Gasteiger partial charge < -0.3 is 11.1 Å². The van der Waals surface area contributed by atoms with E-state index in [0.29, 0.717) is 17.7 Å². The quantitative estimate of drug-likeness (QED) is 0.692. The molecule has 26 heavy (non-hydrogen) atoms. The Hall–Kier alpha value is -1.54. The molecule has 0 saturated heterocycles. The van der Waals surface area contributed by atoms with Crippen molar-refractivity contribution < 1.29 is 13.2 Å². The molecular weight excluding hydrogens is 392 g/mol. The van der Waals surface area contributed by atoms with E-state index < -0.39 is 15.9 Å². The van der Waals surface area contributed by atoms with Crippen LogP contribution in [0.5, 0.6) is 0 Å². The Morgan fingerprint density at radius 1 is 1.15 bits per heavy atom. The van der Waals surface area contributed by atoms with Crippen molar-refractivity contribution in [2.45, 2.75) is 23.1 Å². The molecule has 0 unspecified atom stereocenters. The van der Waals surface area contributed by atoms with Crippen LogP contribution in [-0.2, 0) is 20.4 Å². The predicted molar refractivity (Wildman–Crippen MR) is 111 cm³/mol. The molecule has 0 heterocycles. The zero-order chi connectivity index (χ0) is 18.3. The molecule has 1 amide bonds. The van der Waals surface area contributed by atoms with E-state index in [2.05, 4.69) is 5.32 Å². The Bertz CT molecular complexity index is 814. The van der Waals surface area contributed by atoms with E-state index in [4.69, 9.17) is 5.73 Å². The fourth-order valence-electron chi connectivity index (χ4n) is 2.28. The van der Waals surface area contributed by atoms with Crippen molar-refractivity contribution in [2.75, 3.05) is 17.3 Å². The zero-order valence-corrected chi connectivity index (χ0v) is 16.9. The number of hydrogen-bond donors (Lipinski definition) is 2. The average Bonchev–Trinajstić information content (AvgIpc) is 2.60. The molecule has 0 bridgehead atoms. The highest BCUT2D eigenvalue weighted by Crippen LogP contribution is 2.19. The van der Waals surface area contributed by atoms with E-state index in [0.717, 1.165) is 5.75 Å². The Balaban J connectivity index is 0.00000338. The smallest absolute Gasteiger partial charge is 0.241 e. The highest BCUT2D eigenvalue weighted by molar-refractivity contribution is 7.98. The molecule has 0 radical (unpaired) electrons. The monoisotopic (exact) mass is 414 g/mol. The molecule has 2 rings (SSSR count). The molecule has 0 aliphatic rings. The van der Waals surface area contributed by atoms with Gasteiger partial charge in [-0.3, -0.25) is 4.79 Å². The van der Waals surface area contributed by atoms with Gasteiger partial charge in [0.2, 0.25) is 5.91 Å². The third kappa shape index (κ3) is 6.64. The summed E-state index contributed by atoms with van der Waals surface area (Å²) in [5, 5.41) is 2.75. The highest BCUT2D eigenvalue weighted by Gasteiger charge is 2.16. The fraction of sp³-hybridized carbons (Fsp3) is 0.278. The molecule has 0 saturated carbocycles. The predicted octanol–water partition coefficient (Wildman–Crippen LogP) is 3.10. The normalized spacial score (nSPS) is 12.1. The fourth-order valence-corrected chi connectivity index (χ4v) is 4.13. The molecule has 2 aromatic carbocycles. The van der Waals surface area contributed by atoms with Crippen molar-refractivity contribution in [1.29, 1.82) is 0 Å². The lowest BCUT2D eigenvalue weighted by molar-refractivity contribution is -0.117. The molecule has 0 aliphatic carbocycles. The van der Waals surface area contributed by atoms with Gasteiger partial charge in [-0.15, -0.1) is 12.4 Å². The summed E-state index contributed by atoms with van der Waals surface area (Å²) in [6.45, 7) is 0. The van der Waals surface area contributed by atoms with E-state index in [-0.39, 0.29) is 29.0 Å². The molecule has 2 aromatic rings. The van der Waals surface area contributed by atoms with Crippen LogP contribution in [0.3, 0.4) is 0 Å². The second kappa shape index (κ2) is 10.6. The maximum Gasteiger partial charge on any atom is 0.241 e. The number of thioether (sulfide) groups is 1. The number of carbonyl (C=O) groups is 1. The molecule has 1 atom stereocenters. The SMILES string of the molecule is CSCC[C@H](N)C(=O)Nc1cccc(CS(=O)(=O)c2ccccc2)c1.Cl. The second-order valence-electron chi connectivity index (χ2n) is 5.65. The number of rotatable bonds is 8. The molecule has 0 spiro atoms. The molecule has 0 aliphatic heterocycles. The van der Waals surface area contributed by atoms with Crippen molar-refractivity contribution in [3.63, 3.8) is 0 Å². The Labute approximate surface area is 165 Å². The summed E-state index contributed by atoms with van der Waals surface area (Å²) in [6, 6.07) is 14.6. The van der Waals surface area contributed by atoms with Gasteiger partial charge in [-0.2, -0.15) is 11.8 Å². The molecule has 5 nitrogen and oxygen atoms in total. The first-order chi connectivity index (χ1) is 11.9. The molecule has 142 valence electrons. The van der Waals surface area contributed by atoms with E-state index in [1.807, 2.05) is 6.26 Å². The Kier molecular flexibility index (Phi) is 9.15. The van der Waals surface area contributed by atoms with E-state index in [1.165, 1.54) is 0 Å². The lowest BCUT2D eigenvalue weighted by Gasteiger charge is -2.12. The first kappa shape index (κ1) is 22.5. The van der Waals surface area contributed by atoms with Gasteiger partial charge in [-0.05, 0) is 48.3 Å². The maximum absolute atomic E-state index is 12.5. The number of sulfone groups is 1. The van der Waals surface area contributed by atoms with Crippen LogP contribution in [0.2, 0.25) is 0 Å². The van der Waals surface area contributed by atoms with Gasteiger partial charge in [0.15, 0.2) is 9.84 Å². The van der Waals surface area contributed by atoms with Crippen molar-refractivity contribution >= 4 is 45.6 Å². The van der Waals surface area contributed by atoms with Gasteiger partial charge in [-0.1, -0.05) is 30.3 Å². The number of hydrogen-bond acceptors (Lipinski definition) is 5. The molecule has 0 aromatic heterocycles. The second-order valence-corrected chi connectivity index (χ2v) is 8.62. The third-order valence-electron chi connectivity index (χ3n) is 3.62. The van der Waals surface area contributed by atoms with Crippen LogP contribution in [0.4, 0.5) is 5.69 Å². The lowest BCUT2D eigenvalue weighted by atomic mass is 10.2. The highest BCUT2D eigenvalue weighted by atomic mass is 35.5. The molecular formula is C18H23ClN2O3S2. The Morgan fingerprint density at radius 3 is 2.50 bits per heavy atom. The maximum atomic E-state index is 12.5. The number of carbonyl (C=O) groups excluding carboxylic acids is 1. The zero-order valence-electron chi connectivity index (χ0n) is 14.4. The standard InChI is InChI=1S/C18H22N2O3S2.ClH/c1-24-11-10-17(19)18(21)20-15-7-5-6-14(12-15)13-25(22,23)16-8-3-2-4-9-16;/h2-9,12,17H,10-11,13,19H2,1H3,(H,20,21);1H/t17-;/m0./s1. The summed E-state index contributed by atoms with van der Waals surface area (Å²) in [5.41, 5.74) is 7.00. The van der Waals surface area contributed by atoms with Crippen molar-refractivity contribution in [3.8, 4) is 0 Å². The largest absolute Gasteiger partial charge is 0.325 e. The van der Waals surface area contributed by atoms with Crippen LogP contribution < -0.4 is 11.1 Å². The number of anilines is 1. The number of amides is 1. The summed E-state index contributed by atoms with van der Waals surface area (Å²) in [4.78, 5) is 12.4. The summed E-state index contributed by atoms with van der Waals surface area (Å²) in [7, 11) is -3.43. The van der Waals surface area contributed by atoms with Crippen LogP contribution in [0.15, 0.2) is 59.5 Å². The van der Waals surface area contributed by atoms with Crippen LogP contribution >= 0.6 is 24.2 Å². The average molecular weight is 415 g/mol. The van der Waals surface area contributed by atoms with Crippen molar-refractivity contribution in [1.82, 2.24) is 0 Å². The first-order valence-corrected chi connectivity index (χ1v) is 10.9. The minimum Gasteiger partial charge on any atom is -0.325 e. The van der Waals surface area contributed by atoms with Crippen LogP contribution in [-0.4, -0.2) is 32.4 Å². The van der Waals surface area contributed by atoms with Gasteiger partial charge in [0, 0.05) is 5.69 Å². The lowest BCUT2D eigenvalue weighted by Crippen LogP contribution is -2.36. The van der Waals surface area contributed by atoms with E-state index >= 15 is 0 Å². The third-order valence-corrected chi connectivity index (χ3v) is 5.97. The number of benzene rings is 2. The Morgan fingerprint density at radius 2 is 1.85 bits per heavy atom. The van der Waals surface area contributed by atoms with Gasteiger partial charge in [-0.25, -0.2) is 8.42 Å². The summed E-state index contributed by atoms with van der Waals surface area (Å²) in [6.07, 6.45) is 2.55. The topological polar surface area (TPSA) is 89.3 Å². The van der Waals surface area contributed by atoms with Crippen LogP contribution in [0.25, 0.3) is 0 Å². The molecule has 8 heteroatoms. The van der Waals surface area contributed by atoms with Gasteiger partial charge in [0.05, 0.1) is 16.7 Å². The van der Waals surface area contributed by atoms with Gasteiger partial charge in [0.1, 0.15) is 0 Å². The molecule has 3 N–H and O–H groups in total. The number of nitrogens with two attached hydrogens (primary N) is 1. The summed E-state index contributed by atoms with van der Waals surface area (Å²) >= 11 is 1.63. The molecule has 0 fully saturated rings. The minimum atomic E-state index is -3.43. The summed E-state index contributed by atoms with van der Waals surface area (Å²) in [5.74, 6) is 0.417. The van der Waals surface area contributed by atoms with E-state index in [9.17, 15) is 13.2 Å². The van der Waals surface area contributed by atoms with Gasteiger partial charge >= 0.3 is 0 Å².